The molecule has 1 saturated heterocycles. The highest BCUT2D eigenvalue weighted by Gasteiger charge is 2.42. The van der Waals surface area contributed by atoms with Gasteiger partial charge in [0.15, 0.2) is 20.4 Å². The number of aromatic nitrogens is 4. The van der Waals surface area contributed by atoms with Gasteiger partial charge in [0, 0.05) is 6.20 Å². The summed E-state index contributed by atoms with van der Waals surface area (Å²) in [7, 11) is -3.02. The van der Waals surface area contributed by atoms with Crippen LogP contribution < -0.4 is 0 Å². The molecule has 1 aliphatic heterocycles. The molecular formula is C12H14N4O2S2. The summed E-state index contributed by atoms with van der Waals surface area (Å²) in [6.07, 6.45) is 2.20. The van der Waals surface area contributed by atoms with E-state index in [4.69, 9.17) is 12.2 Å². The SMILES string of the molecule is CC1(n2c(-c3ccccn3)n[nH]c2=S)CCS(=O)(=O)C1. The van der Waals surface area contributed by atoms with Crippen molar-refractivity contribution in [3.8, 4) is 11.5 Å². The van der Waals surface area contributed by atoms with Crippen LogP contribution in [0.4, 0.5) is 0 Å². The van der Waals surface area contributed by atoms with Gasteiger partial charge in [0.2, 0.25) is 0 Å². The molecule has 1 fully saturated rings. The van der Waals surface area contributed by atoms with E-state index in [-0.39, 0.29) is 11.5 Å². The van der Waals surface area contributed by atoms with Gasteiger partial charge in [0.1, 0.15) is 5.69 Å². The van der Waals surface area contributed by atoms with Gasteiger partial charge in [-0.1, -0.05) is 6.07 Å². The first-order valence-corrected chi connectivity index (χ1v) is 8.44. The van der Waals surface area contributed by atoms with Gasteiger partial charge in [-0.15, -0.1) is 0 Å². The zero-order valence-corrected chi connectivity index (χ0v) is 12.5. The second-order valence-electron chi connectivity index (χ2n) is 5.24. The number of nitrogens with one attached hydrogen (secondary N) is 1. The van der Waals surface area contributed by atoms with Crippen LogP contribution in [0.5, 0.6) is 0 Å². The Balaban J connectivity index is 2.16. The van der Waals surface area contributed by atoms with Crippen molar-refractivity contribution in [2.45, 2.75) is 18.9 Å². The Labute approximate surface area is 121 Å². The fourth-order valence-corrected chi connectivity index (χ4v) is 5.10. The number of rotatable bonds is 2. The van der Waals surface area contributed by atoms with Crippen LogP contribution >= 0.6 is 12.2 Å². The second-order valence-corrected chi connectivity index (χ2v) is 7.81. The van der Waals surface area contributed by atoms with E-state index < -0.39 is 15.4 Å². The van der Waals surface area contributed by atoms with E-state index in [0.717, 1.165) is 0 Å². The van der Waals surface area contributed by atoms with Gasteiger partial charge in [-0.2, -0.15) is 5.10 Å². The zero-order chi connectivity index (χ0) is 14.4. The highest BCUT2D eigenvalue weighted by Crippen LogP contribution is 2.33. The Kier molecular flexibility index (Phi) is 3.02. The van der Waals surface area contributed by atoms with E-state index in [1.807, 2.05) is 25.1 Å². The maximum absolute atomic E-state index is 11.8. The molecule has 8 heteroatoms. The summed E-state index contributed by atoms with van der Waals surface area (Å²) in [5, 5.41) is 6.96. The molecule has 3 heterocycles. The molecule has 106 valence electrons. The van der Waals surface area contributed by atoms with Crippen molar-refractivity contribution in [2.24, 2.45) is 0 Å². The summed E-state index contributed by atoms with van der Waals surface area (Å²) < 4.78 is 25.8. The molecule has 3 rings (SSSR count). The van der Waals surface area contributed by atoms with Gasteiger partial charge < -0.3 is 0 Å². The first kappa shape index (κ1) is 13.4. The Morgan fingerprint density at radius 2 is 2.25 bits per heavy atom. The molecule has 1 unspecified atom stereocenters. The lowest BCUT2D eigenvalue weighted by molar-refractivity contribution is 0.364. The number of aromatic amines is 1. The van der Waals surface area contributed by atoms with Gasteiger partial charge >= 0.3 is 0 Å². The number of H-pyrrole nitrogens is 1. The summed E-state index contributed by atoms with van der Waals surface area (Å²) in [5.41, 5.74) is 0.0980. The normalized spacial score (nSPS) is 24.9. The molecule has 0 amide bonds. The van der Waals surface area contributed by atoms with Gasteiger partial charge in [0.25, 0.3) is 0 Å². The highest BCUT2D eigenvalue weighted by atomic mass is 32.2. The van der Waals surface area contributed by atoms with Crippen LogP contribution in [0.3, 0.4) is 0 Å². The maximum Gasteiger partial charge on any atom is 0.196 e. The molecule has 0 saturated carbocycles. The smallest absolute Gasteiger partial charge is 0.196 e. The molecule has 1 atom stereocenters. The Bertz CT molecular complexity index is 794. The molecule has 0 aromatic carbocycles. The first-order valence-electron chi connectivity index (χ1n) is 6.21. The minimum atomic E-state index is -3.02. The third kappa shape index (κ3) is 2.18. The van der Waals surface area contributed by atoms with Crippen molar-refractivity contribution < 1.29 is 8.42 Å². The summed E-state index contributed by atoms with van der Waals surface area (Å²) in [6, 6.07) is 5.50. The van der Waals surface area contributed by atoms with Crippen molar-refractivity contribution in [2.75, 3.05) is 11.5 Å². The molecule has 1 N–H and O–H groups in total. The third-order valence-electron chi connectivity index (χ3n) is 3.59. The molecule has 0 bridgehead atoms. The van der Waals surface area contributed by atoms with Crippen LogP contribution in [0.15, 0.2) is 24.4 Å². The van der Waals surface area contributed by atoms with Crippen LogP contribution in [0, 0.1) is 4.77 Å². The highest BCUT2D eigenvalue weighted by molar-refractivity contribution is 7.91. The number of hydrogen-bond donors (Lipinski definition) is 1. The van der Waals surface area contributed by atoms with Gasteiger partial charge in [0.05, 0.1) is 17.0 Å². The molecule has 0 radical (unpaired) electrons. The van der Waals surface area contributed by atoms with Gasteiger partial charge in [-0.3, -0.25) is 14.6 Å². The van der Waals surface area contributed by atoms with Crippen LogP contribution in [-0.2, 0) is 15.4 Å². The molecular weight excluding hydrogens is 296 g/mol. The number of sulfone groups is 1. The summed E-state index contributed by atoms with van der Waals surface area (Å²) >= 11 is 5.28. The standard InChI is InChI=1S/C12H14N4O2S2/c1-12(5-7-20(17,18)8-12)16-10(14-15-11(16)19)9-4-2-3-6-13-9/h2-4,6H,5,7-8H2,1H3,(H,15,19). The molecule has 20 heavy (non-hydrogen) atoms. The van der Waals surface area contributed by atoms with Crippen LogP contribution in [0.1, 0.15) is 13.3 Å². The van der Waals surface area contributed by atoms with E-state index in [9.17, 15) is 8.42 Å². The lowest BCUT2D eigenvalue weighted by Gasteiger charge is -2.25. The average Bonchev–Trinajstić information content (AvgIpc) is 2.92. The Hall–Kier alpha value is -1.54. The third-order valence-corrected chi connectivity index (χ3v) is 5.75. The first-order chi connectivity index (χ1) is 9.41. The fraction of sp³-hybridized carbons (Fsp3) is 0.417. The molecule has 1 aliphatic rings. The number of hydrogen-bond acceptors (Lipinski definition) is 5. The summed E-state index contributed by atoms with van der Waals surface area (Å²) in [4.78, 5) is 4.26. The van der Waals surface area contributed by atoms with Crippen molar-refractivity contribution in [1.29, 1.82) is 0 Å². The van der Waals surface area contributed by atoms with Gasteiger partial charge in [-0.05, 0) is 37.7 Å². The molecule has 2 aromatic rings. The topological polar surface area (TPSA) is 80.6 Å². The van der Waals surface area contributed by atoms with E-state index in [2.05, 4.69) is 15.2 Å². The Morgan fingerprint density at radius 1 is 1.45 bits per heavy atom. The summed E-state index contributed by atoms with van der Waals surface area (Å²) in [6.45, 7) is 1.90. The second kappa shape index (κ2) is 4.49. The summed E-state index contributed by atoms with van der Waals surface area (Å²) in [5.74, 6) is 0.835. The van der Waals surface area contributed by atoms with E-state index >= 15 is 0 Å². The van der Waals surface area contributed by atoms with Crippen molar-refractivity contribution >= 4 is 22.1 Å². The predicted molar refractivity (Wildman–Crippen MR) is 77.6 cm³/mol. The van der Waals surface area contributed by atoms with E-state index in [0.29, 0.717) is 22.7 Å². The molecule has 6 nitrogen and oxygen atoms in total. The van der Waals surface area contributed by atoms with Gasteiger partial charge in [-0.25, -0.2) is 8.42 Å². The van der Waals surface area contributed by atoms with Crippen molar-refractivity contribution in [3.63, 3.8) is 0 Å². The molecule has 0 aliphatic carbocycles. The lowest BCUT2D eigenvalue weighted by Crippen LogP contribution is -2.32. The molecule has 2 aromatic heterocycles. The largest absolute Gasteiger partial charge is 0.292 e. The Morgan fingerprint density at radius 3 is 2.85 bits per heavy atom. The van der Waals surface area contributed by atoms with Crippen LogP contribution in [0.25, 0.3) is 11.5 Å². The quantitative estimate of drug-likeness (QED) is 0.851. The lowest BCUT2D eigenvalue weighted by atomic mass is 10.0. The van der Waals surface area contributed by atoms with Crippen LogP contribution in [0.2, 0.25) is 0 Å². The van der Waals surface area contributed by atoms with Crippen molar-refractivity contribution in [3.05, 3.63) is 29.2 Å². The van der Waals surface area contributed by atoms with Crippen molar-refractivity contribution in [1.82, 2.24) is 19.7 Å². The van der Waals surface area contributed by atoms with Crippen LogP contribution in [-0.4, -0.2) is 39.7 Å². The van der Waals surface area contributed by atoms with E-state index in [1.54, 1.807) is 10.8 Å². The zero-order valence-electron chi connectivity index (χ0n) is 10.9. The molecule has 0 spiro atoms. The predicted octanol–water partition coefficient (Wildman–Crippen LogP) is 1.54. The minimum Gasteiger partial charge on any atom is -0.292 e. The average molecular weight is 310 g/mol. The fourth-order valence-electron chi connectivity index (χ4n) is 2.63. The minimum absolute atomic E-state index is 0.0771. The maximum atomic E-state index is 11.8. The monoisotopic (exact) mass is 310 g/mol. The number of pyridine rings is 1. The van der Waals surface area contributed by atoms with E-state index in [1.165, 1.54) is 0 Å². The number of nitrogens with zero attached hydrogens (tertiary/aromatic N) is 3.